The van der Waals surface area contributed by atoms with Gasteiger partial charge >= 0.3 is 5.97 Å². The van der Waals surface area contributed by atoms with E-state index in [-0.39, 0.29) is 18.2 Å². The number of nitrogens with two attached hydrogens (primary N) is 1. The molecular formula is C13H17N3O3. The second-order valence-electron chi connectivity index (χ2n) is 4.90. The summed E-state index contributed by atoms with van der Waals surface area (Å²) < 4.78 is 0. The summed E-state index contributed by atoms with van der Waals surface area (Å²) in [4.78, 5) is 28.8. The molecule has 3 N–H and O–H groups in total. The minimum Gasteiger partial charge on any atom is -0.480 e. The third kappa shape index (κ3) is 2.83. The van der Waals surface area contributed by atoms with Crippen LogP contribution >= 0.6 is 0 Å². The smallest absolute Gasteiger partial charge is 0.326 e. The number of likely N-dealkylation sites (tertiary alicyclic amines) is 1. The van der Waals surface area contributed by atoms with Gasteiger partial charge in [0.25, 0.3) is 0 Å². The zero-order valence-electron chi connectivity index (χ0n) is 10.7. The third-order valence-corrected chi connectivity index (χ3v) is 3.45. The Labute approximate surface area is 111 Å². The predicted molar refractivity (Wildman–Crippen MR) is 69.3 cm³/mol. The molecular weight excluding hydrogens is 246 g/mol. The molecule has 2 atom stereocenters. The lowest BCUT2D eigenvalue weighted by Crippen LogP contribution is -2.43. The average Bonchev–Trinajstić information content (AvgIpc) is 2.74. The molecule has 1 amide bonds. The lowest BCUT2D eigenvalue weighted by molar-refractivity contribution is -0.149. The lowest BCUT2D eigenvalue weighted by Gasteiger charge is -2.23. The molecule has 0 radical (unpaired) electrons. The number of aliphatic carboxylic acids is 1. The van der Waals surface area contributed by atoms with Gasteiger partial charge in [-0.25, -0.2) is 4.79 Å². The number of carboxylic acid groups (broad SMARTS) is 1. The van der Waals surface area contributed by atoms with Crippen molar-refractivity contribution in [1.82, 2.24) is 9.88 Å². The van der Waals surface area contributed by atoms with Crippen molar-refractivity contribution in [3.63, 3.8) is 0 Å². The van der Waals surface area contributed by atoms with Crippen molar-refractivity contribution in [2.45, 2.75) is 25.8 Å². The van der Waals surface area contributed by atoms with Gasteiger partial charge in [-0.05, 0) is 24.5 Å². The van der Waals surface area contributed by atoms with Crippen LogP contribution in [0.5, 0.6) is 0 Å². The zero-order chi connectivity index (χ0) is 14.0. The number of carbonyl (C=O) groups is 2. The monoisotopic (exact) mass is 263 g/mol. The molecule has 0 saturated carbocycles. The Morgan fingerprint density at radius 3 is 2.84 bits per heavy atom. The molecule has 19 heavy (non-hydrogen) atoms. The number of carbonyl (C=O) groups excluding carboxylic acids is 1. The van der Waals surface area contributed by atoms with Crippen LogP contribution in [0.15, 0.2) is 18.3 Å². The average molecular weight is 263 g/mol. The summed E-state index contributed by atoms with van der Waals surface area (Å²) in [6, 6.07) is 2.64. The van der Waals surface area contributed by atoms with Gasteiger partial charge in [0.2, 0.25) is 5.91 Å². The van der Waals surface area contributed by atoms with Gasteiger partial charge in [-0.15, -0.1) is 0 Å². The molecule has 1 aliphatic rings. The van der Waals surface area contributed by atoms with Gasteiger partial charge in [-0.2, -0.15) is 0 Å². The highest BCUT2D eigenvalue weighted by Gasteiger charge is 2.39. The van der Waals surface area contributed by atoms with Gasteiger partial charge in [0.1, 0.15) is 6.04 Å². The van der Waals surface area contributed by atoms with Crippen molar-refractivity contribution in [3.8, 4) is 0 Å². The number of rotatable bonds is 3. The fourth-order valence-electron chi connectivity index (χ4n) is 2.40. The molecule has 2 rings (SSSR count). The largest absolute Gasteiger partial charge is 0.480 e. The Bertz CT molecular complexity index is 486. The van der Waals surface area contributed by atoms with Crippen LogP contribution in [0.1, 0.15) is 19.0 Å². The standard InChI is InChI=1S/C13H17N3O3/c1-8-4-5-16(12(8)13(18)19)11(17)6-10-3-2-9(14)7-15-10/h2-3,7-8,12H,4-6,14H2,1H3,(H,18,19). The van der Waals surface area contributed by atoms with Gasteiger partial charge < -0.3 is 15.7 Å². The summed E-state index contributed by atoms with van der Waals surface area (Å²) in [6.07, 6.45) is 2.32. The van der Waals surface area contributed by atoms with E-state index < -0.39 is 12.0 Å². The summed E-state index contributed by atoms with van der Waals surface area (Å²) in [5, 5.41) is 9.18. The summed E-state index contributed by atoms with van der Waals surface area (Å²) in [7, 11) is 0. The van der Waals surface area contributed by atoms with Crippen LogP contribution in [0.25, 0.3) is 0 Å². The number of hydrogen-bond acceptors (Lipinski definition) is 4. The van der Waals surface area contributed by atoms with E-state index in [9.17, 15) is 14.7 Å². The molecule has 0 bridgehead atoms. The van der Waals surface area contributed by atoms with Crippen molar-refractivity contribution in [2.75, 3.05) is 12.3 Å². The van der Waals surface area contributed by atoms with Crippen LogP contribution in [-0.2, 0) is 16.0 Å². The molecule has 6 nitrogen and oxygen atoms in total. The van der Waals surface area contributed by atoms with E-state index in [0.717, 1.165) is 6.42 Å². The molecule has 1 aromatic rings. The summed E-state index contributed by atoms with van der Waals surface area (Å²) in [5.74, 6) is -1.15. The van der Waals surface area contributed by atoms with E-state index in [2.05, 4.69) is 4.98 Å². The van der Waals surface area contributed by atoms with Gasteiger partial charge in [0.15, 0.2) is 0 Å². The van der Waals surface area contributed by atoms with Crippen LogP contribution < -0.4 is 5.73 Å². The lowest BCUT2D eigenvalue weighted by atomic mass is 10.0. The number of pyridine rings is 1. The first-order valence-electron chi connectivity index (χ1n) is 6.21. The van der Waals surface area contributed by atoms with Crippen molar-refractivity contribution < 1.29 is 14.7 Å². The second kappa shape index (κ2) is 5.26. The molecule has 1 saturated heterocycles. The number of anilines is 1. The summed E-state index contributed by atoms with van der Waals surface area (Å²) in [5.41, 5.74) is 6.66. The molecule has 0 aliphatic carbocycles. The van der Waals surface area contributed by atoms with E-state index in [0.29, 0.717) is 17.9 Å². The molecule has 1 aromatic heterocycles. The van der Waals surface area contributed by atoms with Crippen molar-refractivity contribution in [1.29, 1.82) is 0 Å². The van der Waals surface area contributed by atoms with E-state index in [4.69, 9.17) is 5.73 Å². The molecule has 0 spiro atoms. The van der Waals surface area contributed by atoms with Crippen LogP contribution in [0.4, 0.5) is 5.69 Å². The molecule has 2 unspecified atom stereocenters. The predicted octanol–water partition coefficient (Wildman–Crippen LogP) is 0.528. The SMILES string of the molecule is CC1CCN(C(=O)Cc2ccc(N)cn2)C1C(=O)O. The third-order valence-electron chi connectivity index (χ3n) is 3.45. The number of hydrogen-bond donors (Lipinski definition) is 2. The fraction of sp³-hybridized carbons (Fsp3) is 0.462. The highest BCUT2D eigenvalue weighted by atomic mass is 16.4. The summed E-state index contributed by atoms with van der Waals surface area (Å²) >= 11 is 0. The van der Waals surface area contributed by atoms with Crippen molar-refractivity contribution in [2.24, 2.45) is 5.92 Å². The van der Waals surface area contributed by atoms with E-state index >= 15 is 0 Å². The van der Waals surface area contributed by atoms with Crippen molar-refractivity contribution in [3.05, 3.63) is 24.0 Å². The van der Waals surface area contributed by atoms with E-state index in [1.54, 1.807) is 12.1 Å². The number of aromatic nitrogens is 1. The van der Waals surface area contributed by atoms with Gasteiger partial charge in [0.05, 0.1) is 18.3 Å². The first-order valence-corrected chi connectivity index (χ1v) is 6.21. The molecule has 1 fully saturated rings. The highest BCUT2D eigenvalue weighted by molar-refractivity contribution is 5.85. The van der Waals surface area contributed by atoms with E-state index in [1.807, 2.05) is 6.92 Å². The Morgan fingerprint density at radius 1 is 1.53 bits per heavy atom. The van der Waals surface area contributed by atoms with Crippen LogP contribution in [0.2, 0.25) is 0 Å². The first-order chi connectivity index (χ1) is 8.99. The number of amides is 1. The van der Waals surface area contributed by atoms with Crippen LogP contribution in [0, 0.1) is 5.92 Å². The van der Waals surface area contributed by atoms with Gasteiger partial charge in [0, 0.05) is 12.2 Å². The normalized spacial score (nSPS) is 22.5. The molecule has 102 valence electrons. The Morgan fingerprint density at radius 2 is 2.26 bits per heavy atom. The van der Waals surface area contributed by atoms with Crippen LogP contribution in [0.3, 0.4) is 0 Å². The minimum atomic E-state index is -0.941. The van der Waals surface area contributed by atoms with Gasteiger partial charge in [-0.1, -0.05) is 6.92 Å². The Balaban J connectivity index is 2.07. The van der Waals surface area contributed by atoms with E-state index in [1.165, 1.54) is 11.1 Å². The molecule has 0 aromatic carbocycles. The minimum absolute atomic E-state index is 0.0131. The van der Waals surface area contributed by atoms with Crippen molar-refractivity contribution >= 4 is 17.6 Å². The second-order valence-corrected chi connectivity index (χ2v) is 4.90. The molecule has 6 heteroatoms. The number of nitrogens with zero attached hydrogens (tertiary/aromatic N) is 2. The molecule has 2 heterocycles. The first kappa shape index (κ1) is 13.3. The number of carboxylic acids is 1. The fourth-order valence-corrected chi connectivity index (χ4v) is 2.40. The molecule has 1 aliphatic heterocycles. The maximum atomic E-state index is 12.2. The quantitative estimate of drug-likeness (QED) is 0.829. The maximum absolute atomic E-state index is 12.2. The number of nitrogen functional groups attached to an aromatic ring is 1. The zero-order valence-corrected chi connectivity index (χ0v) is 10.7. The Kier molecular flexibility index (Phi) is 3.69. The van der Waals surface area contributed by atoms with Gasteiger partial charge in [-0.3, -0.25) is 9.78 Å². The Hall–Kier alpha value is -2.11. The topological polar surface area (TPSA) is 96.5 Å². The van der Waals surface area contributed by atoms with Crippen LogP contribution in [-0.4, -0.2) is 39.5 Å². The summed E-state index contributed by atoms with van der Waals surface area (Å²) in [6.45, 7) is 2.35. The highest BCUT2D eigenvalue weighted by Crippen LogP contribution is 2.24. The maximum Gasteiger partial charge on any atom is 0.326 e.